The van der Waals surface area contributed by atoms with Gasteiger partial charge in [0.2, 0.25) is 5.91 Å². The Kier molecular flexibility index (Phi) is 66.4. The standard InChI is InChI=1S/C72H139NO5/c1-3-5-7-9-11-13-15-17-19-21-22-23-24-25-26-27-30-33-36-40-44-48-52-56-60-64-70(75)69(68-74)73-71(76)65-61-57-53-49-45-41-37-34-31-28-29-32-35-39-43-47-51-55-59-63-67-78-72(77)66-62-58-54-50-46-42-38-20-18-16-14-12-10-8-6-4-2/h20,38,60,64,69-70,74-75H,3-19,21-37,39-59,61-63,65-68H2,1-2H3,(H,73,76)/b38-20-,64-60+. The van der Waals surface area contributed by atoms with E-state index in [9.17, 15) is 19.8 Å². The lowest BCUT2D eigenvalue weighted by atomic mass is 10.0. The highest BCUT2D eigenvalue weighted by molar-refractivity contribution is 5.76. The largest absolute Gasteiger partial charge is 0.466 e. The van der Waals surface area contributed by atoms with E-state index < -0.39 is 12.1 Å². The van der Waals surface area contributed by atoms with Crippen LogP contribution < -0.4 is 5.32 Å². The molecule has 2 unspecified atom stereocenters. The summed E-state index contributed by atoms with van der Waals surface area (Å²) >= 11 is 0. The molecule has 3 N–H and O–H groups in total. The summed E-state index contributed by atoms with van der Waals surface area (Å²) in [6.45, 7) is 4.93. The molecule has 6 nitrogen and oxygen atoms in total. The Morgan fingerprint density at radius 3 is 0.910 bits per heavy atom. The van der Waals surface area contributed by atoms with Crippen molar-refractivity contribution in [3.8, 4) is 0 Å². The molecule has 0 saturated heterocycles. The first kappa shape index (κ1) is 76.3. The topological polar surface area (TPSA) is 95.9 Å². The summed E-state index contributed by atoms with van der Waals surface area (Å²) in [6, 6.07) is -0.631. The van der Waals surface area contributed by atoms with Crippen molar-refractivity contribution in [2.24, 2.45) is 0 Å². The molecule has 0 spiro atoms. The van der Waals surface area contributed by atoms with Gasteiger partial charge in [-0.1, -0.05) is 353 Å². The van der Waals surface area contributed by atoms with Crippen LogP contribution in [0.25, 0.3) is 0 Å². The zero-order chi connectivity index (χ0) is 56.4. The second-order valence-electron chi connectivity index (χ2n) is 24.6. The summed E-state index contributed by atoms with van der Waals surface area (Å²) in [4.78, 5) is 24.6. The van der Waals surface area contributed by atoms with Crippen LogP contribution in [0.4, 0.5) is 0 Å². The van der Waals surface area contributed by atoms with Gasteiger partial charge in [-0.2, -0.15) is 0 Å². The van der Waals surface area contributed by atoms with Crippen LogP contribution in [0.1, 0.15) is 399 Å². The number of amides is 1. The van der Waals surface area contributed by atoms with Crippen molar-refractivity contribution in [2.45, 2.75) is 411 Å². The van der Waals surface area contributed by atoms with Crippen LogP contribution in [0, 0.1) is 0 Å². The highest BCUT2D eigenvalue weighted by Gasteiger charge is 2.18. The van der Waals surface area contributed by atoms with Gasteiger partial charge in [-0.3, -0.25) is 9.59 Å². The molecular weight excluding hydrogens is 959 g/mol. The normalized spacial score (nSPS) is 12.6. The number of aliphatic hydroxyl groups excluding tert-OH is 2. The molecule has 0 aliphatic carbocycles. The summed E-state index contributed by atoms with van der Waals surface area (Å²) in [5.74, 6) is -0.0617. The first-order valence-corrected chi connectivity index (χ1v) is 35.6. The van der Waals surface area contributed by atoms with Crippen LogP contribution >= 0.6 is 0 Å². The van der Waals surface area contributed by atoms with Crippen molar-refractivity contribution < 1.29 is 24.5 Å². The molecule has 0 aliphatic rings. The van der Waals surface area contributed by atoms with Crippen molar-refractivity contribution in [1.82, 2.24) is 5.32 Å². The summed E-state index contributed by atoms with van der Waals surface area (Å²) in [5.41, 5.74) is 0. The highest BCUT2D eigenvalue weighted by Crippen LogP contribution is 2.19. The molecule has 0 aliphatic heterocycles. The molecular formula is C72H139NO5. The van der Waals surface area contributed by atoms with Gasteiger partial charge in [0.15, 0.2) is 0 Å². The molecule has 0 bridgehead atoms. The Bertz CT molecular complexity index is 1220. The van der Waals surface area contributed by atoms with E-state index in [4.69, 9.17) is 4.74 Å². The Hall–Kier alpha value is -1.66. The fraction of sp³-hybridized carbons (Fsp3) is 0.917. The summed E-state index contributed by atoms with van der Waals surface area (Å²) in [5, 5.41) is 23.3. The van der Waals surface area contributed by atoms with Gasteiger partial charge in [0.05, 0.1) is 25.4 Å². The monoisotopic (exact) mass is 1100 g/mol. The molecule has 0 saturated carbocycles. The zero-order valence-electron chi connectivity index (χ0n) is 52.9. The minimum absolute atomic E-state index is 0.00360. The third kappa shape index (κ3) is 63.5. The van der Waals surface area contributed by atoms with E-state index in [-0.39, 0.29) is 18.5 Å². The Morgan fingerprint density at radius 1 is 0.346 bits per heavy atom. The van der Waals surface area contributed by atoms with E-state index >= 15 is 0 Å². The van der Waals surface area contributed by atoms with E-state index in [2.05, 4.69) is 31.3 Å². The summed E-state index contributed by atoms with van der Waals surface area (Å²) in [7, 11) is 0. The van der Waals surface area contributed by atoms with Crippen LogP contribution in [0.3, 0.4) is 0 Å². The fourth-order valence-corrected chi connectivity index (χ4v) is 11.3. The minimum Gasteiger partial charge on any atom is -0.466 e. The Labute approximate surface area is 488 Å². The molecule has 462 valence electrons. The SMILES string of the molecule is CCCCCCCCC/C=C\CCCCCCCC(=O)OCCCCCCCCCCCCCCCCCCCCCCC(=O)NC(CO)C(O)/C=C/CCCCCCCCCCCCCCCCCCCCCCCCC. The number of unbranched alkanes of at least 4 members (excludes halogenated alkanes) is 54. The average Bonchev–Trinajstić information content (AvgIpc) is 3.44. The number of aliphatic hydroxyl groups is 2. The van der Waals surface area contributed by atoms with Crippen LogP contribution in [-0.2, 0) is 14.3 Å². The highest BCUT2D eigenvalue weighted by atomic mass is 16.5. The van der Waals surface area contributed by atoms with Crippen LogP contribution in [0.5, 0.6) is 0 Å². The van der Waals surface area contributed by atoms with Gasteiger partial charge in [-0.05, 0) is 57.8 Å². The number of carbonyl (C=O) groups is 2. The molecule has 0 aromatic carbocycles. The van der Waals surface area contributed by atoms with Gasteiger partial charge in [0, 0.05) is 12.8 Å². The third-order valence-corrected chi connectivity index (χ3v) is 16.7. The molecule has 0 aromatic heterocycles. The lowest BCUT2D eigenvalue weighted by molar-refractivity contribution is -0.143. The van der Waals surface area contributed by atoms with E-state index in [1.165, 1.54) is 327 Å². The zero-order valence-corrected chi connectivity index (χ0v) is 52.9. The van der Waals surface area contributed by atoms with Gasteiger partial charge in [-0.25, -0.2) is 0 Å². The van der Waals surface area contributed by atoms with Crippen molar-refractivity contribution in [1.29, 1.82) is 0 Å². The smallest absolute Gasteiger partial charge is 0.305 e. The number of ether oxygens (including phenoxy) is 1. The first-order valence-electron chi connectivity index (χ1n) is 35.6. The van der Waals surface area contributed by atoms with Gasteiger partial charge in [0.1, 0.15) is 0 Å². The molecule has 2 atom stereocenters. The molecule has 0 fully saturated rings. The maximum atomic E-state index is 12.5. The lowest BCUT2D eigenvalue weighted by Crippen LogP contribution is -2.45. The van der Waals surface area contributed by atoms with Crippen molar-refractivity contribution in [2.75, 3.05) is 13.2 Å². The predicted molar refractivity (Wildman–Crippen MR) is 343 cm³/mol. The Morgan fingerprint density at radius 2 is 0.603 bits per heavy atom. The van der Waals surface area contributed by atoms with Crippen molar-refractivity contribution >= 4 is 11.9 Å². The lowest BCUT2D eigenvalue weighted by Gasteiger charge is -2.20. The number of allylic oxidation sites excluding steroid dienone is 3. The van der Waals surface area contributed by atoms with Gasteiger partial charge in [-0.15, -0.1) is 0 Å². The number of hydrogen-bond acceptors (Lipinski definition) is 5. The molecule has 78 heavy (non-hydrogen) atoms. The quantitative estimate of drug-likeness (QED) is 0.0320. The van der Waals surface area contributed by atoms with Gasteiger partial charge >= 0.3 is 5.97 Å². The van der Waals surface area contributed by atoms with Crippen LogP contribution in [-0.4, -0.2) is 47.4 Å². The number of rotatable bonds is 67. The number of nitrogens with one attached hydrogen (secondary N) is 1. The van der Waals surface area contributed by atoms with Gasteiger partial charge in [0.25, 0.3) is 0 Å². The number of esters is 1. The molecule has 0 radical (unpaired) electrons. The number of hydrogen-bond donors (Lipinski definition) is 3. The van der Waals surface area contributed by atoms with Crippen molar-refractivity contribution in [3.63, 3.8) is 0 Å². The maximum absolute atomic E-state index is 12.5. The van der Waals surface area contributed by atoms with E-state index in [0.29, 0.717) is 19.4 Å². The first-order chi connectivity index (χ1) is 38.5. The number of carbonyl (C=O) groups excluding carboxylic acids is 2. The molecule has 0 heterocycles. The van der Waals surface area contributed by atoms with Crippen molar-refractivity contribution in [3.05, 3.63) is 24.3 Å². The summed E-state index contributed by atoms with van der Waals surface area (Å²) < 4.78 is 5.49. The molecule has 6 heteroatoms. The Balaban J connectivity index is 3.42. The van der Waals surface area contributed by atoms with E-state index in [0.717, 1.165) is 44.9 Å². The molecule has 1 amide bonds. The van der Waals surface area contributed by atoms with Gasteiger partial charge < -0.3 is 20.3 Å². The summed E-state index contributed by atoms with van der Waals surface area (Å²) in [6.07, 6.45) is 85.4. The van der Waals surface area contributed by atoms with Crippen LogP contribution in [0.2, 0.25) is 0 Å². The average molecular weight is 1100 g/mol. The second kappa shape index (κ2) is 67.8. The fourth-order valence-electron chi connectivity index (χ4n) is 11.3. The predicted octanol–water partition coefficient (Wildman–Crippen LogP) is 22.9. The van der Waals surface area contributed by atoms with E-state index in [1.807, 2.05) is 6.08 Å². The minimum atomic E-state index is -0.847. The van der Waals surface area contributed by atoms with E-state index in [1.54, 1.807) is 6.08 Å². The molecule has 0 aromatic rings. The van der Waals surface area contributed by atoms with Crippen LogP contribution in [0.15, 0.2) is 24.3 Å². The second-order valence-corrected chi connectivity index (χ2v) is 24.6. The maximum Gasteiger partial charge on any atom is 0.305 e. The third-order valence-electron chi connectivity index (χ3n) is 16.7. The molecule has 0 rings (SSSR count).